The Hall–Kier alpha value is -3.32. The largest absolute Gasteiger partial charge is 0.356 e. The highest BCUT2D eigenvalue weighted by Crippen LogP contribution is 2.49. The summed E-state index contributed by atoms with van der Waals surface area (Å²) in [5.74, 6) is 0. The van der Waals surface area contributed by atoms with Gasteiger partial charge < -0.3 is 5.32 Å². The van der Waals surface area contributed by atoms with Gasteiger partial charge in [0.15, 0.2) is 0 Å². The van der Waals surface area contributed by atoms with Crippen molar-refractivity contribution in [3.8, 4) is 11.1 Å². The Bertz CT molecular complexity index is 1240. The van der Waals surface area contributed by atoms with E-state index in [0.29, 0.717) is 0 Å². The van der Waals surface area contributed by atoms with Gasteiger partial charge in [-0.3, -0.25) is 0 Å². The predicted molar refractivity (Wildman–Crippen MR) is 148 cm³/mol. The minimum absolute atomic E-state index is 0. The average molecular weight is 436 g/mol. The third-order valence-electron chi connectivity index (χ3n) is 6.89. The first-order valence-corrected chi connectivity index (χ1v) is 11.3. The summed E-state index contributed by atoms with van der Waals surface area (Å²) in [6, 6.07) is 22.1. The van der Waals surface area contributed by atoms with E-state index in [1.54, 1.807) is 0 Å². The zero-order valence-electron chi connectivity index (χ0n) is 19.9. The average Bonchev–Trinajstić information content (AvgIpc) is 3.01. The van der Waals surface area contributed by atoms with Crippen LogP contribution in [0.2, 0.25) is 0 Å². The highest BCUT2D eigenvalue weighted by molar-refractivity contribution is 5.83. The van der Waals surface area contributed by atoms with Crippen LogP contribution in [-0.4, -0.2) is 0 Å². The molecule has 0 amide bonds. The lowest BCUT2D eigenvalue weighted by Gasteiger charge is -2.26. The van der Waals surface area contributed by atoms with Gasteiger partial charge in [-0.2, -0.15) is 0 Å². The number of anilines is 2. The van der Waals surface area contributed by atoms with Crippen molar-refractivity contribution < 1.29 is 0 Å². The van der Waals surface area contributed by atoms with E-state index < -0.39 is 0 Å². The standard InChI is InChI=1S/C31H33N.CH4/c1-8-12-21(3)24-17-15-22(19-28(24)30(4,5)9-2)32-23-16-18-26-25-13-10-11-14-27(25)31(6,7)29(26)20-23;/h8-20,32H,1-2H2,3-7H3;1H4/b21-12+;. The fraction of sp³-hybridized carbons (Fsp3) is 0.250. The van der Waals surface area contributed by atoms with Crippen LogP contribution in [-0.2, 0) is 10.8 Å². The molecule has 0 unspecified atom stereocenters. The molecular weight excluding hydrogens is 398 g/mol. The Morgan fingerprint density at radius 3 is 2.21 bits per heavy atom. The smallest absolute Gasteiger partial charge is 0.0387 e. The Balaban J connectivity index is 0.00000306. The lowest BCUT2D eigenvalue weighted by atomic mass is 9.80. The Labute approximate surface area is 200 Å². The van der Waals surface area contributed by atoms with Gasteiger partial charge in [0.25, 0.3) is 0 Å². The molecule has 0 saturated carbocycles. The van der Waals surface area contributed by atoms with Crippen LogP contribution in [0, 0.1) is 0 Å². The van der Waals surface area contributed by atoms with Crippen LogP contribution >= 0.6 is 0 Å². The fourth-order valence-corrected chi connectivity index (χ4v) is 4.82. The van der Waals surface area contributed by atoms with Crippen LogP contribution in [0.3, 0.4) is 0 Å². The van der Waals surface area contributed by atoms with E-state index in [2.05, 4.69) is 120 Å². The van der Waals surface area contributed by atoms with E-state index in [9.17, 15) is 0 Å². The van der Waals surface area contributed by atoms with Crippen LogP contribution in [0.5, 0.6) is 0 Å². The molecule has 3 aromatic carbocycles. The molecule has 0 fully saturated rings. The number of allylic oxidation sites excluding steroid dienone is 4. The van der Waals surface area contributed by atoms with Gasteiger partial charge in [-0.05, 0) is 70.1 Å². The molecule has 0 bridgehead atoms. The number of benzene rings is 3. The normalized spacial score (nSPS) is 14.0. The molecule has 1 N–H and O–H groups in total. The lowest BCUT2D eigenvalue weighted by molar-refractivity contribution is 0.660. The van der Waals surface area contributed by atoms with Crippen molar-refractivity contribution in [2.75, 3.05) is 5.32 Å². The summed E-state index contributed by atoms with van der Waals surface area (Å²) >= 11 is 0. The predicted octanol–water partition coefficient (Wildman–Crippen LogP) is 9.43. The van der Waals surface area contributed by atoms with E-state index >= 15 is 0 Å². The molecule has 0 saturated heterocycles. The van der Waals surface area contributed by atoms with Gasteiger partial charge in [0.05, 0.1) is 0 Å². The van der Waals surface area contributed by atoms with Crippen LogP contribution in [0.4, 0.5) is 11.4 Å². The van der Waals surface area contributed by atoms with E-state index in [1.165, 1.54) is 39.0 Å². The maximum absolute atomic E-state index is 4.08. The molecule has 3 aromatic rings. The molecule has 1 aliphatic rings. The summed E-state index contributed by atoms with van der Waals surface area (Å²) < 4.78 is 0. The third kappa shape index (κ3) is 4.20. The van der Waals surface area contributed by atoms with E-state index in [4.69, 9.17) is 0 Å². The summed E-state index contributed by atoms with van der Waals surface area (Å²) in [6.07, 6.45) is 5.92. The van der Waals surface area contributed by atoms with Crippen molar-refractivity contribution in [1.82, 2.24) is 0 Å². The molecule has 0 atom stereocenters. The van der Waals surface area contributed by atoms with Crippen molar-refractivity contribution in [2.45, 2.75) is 52.9 Å². The SMILES string of the molecule is C.C=C/C=C(\C)c1ccc(Nc2ccc3c(c2)C(C)(C)c2ccccc2-3)cc1C(C)(C)C=C. The highest BCUT2D eigenvalue weighted by Gasteiger charge is 2.35. The minimum Gasteiger partial charge on any atom is -0.356 e. The van der Waals surface area contributed by atoms with Crippen LogP contribution < -0.4 is 5.32 Å². The molecule has 4 rings (SSSR count). The molecule has 0 heterocycles. The van der Waals surface area contributed by atoms with Gasteiger partial charge in [0.1, 0.15) is 0 Å². The fourth-order valence-electron chi connectivity index (χ4n) is 4.82. The number of hydrogen-bond donors (Lipinski definition) is 1. The second-order valence-corrected chi connectivity index (χ2v) is 9.83. The lowest BCUT2D eigenvalue weighted by Crippen LogP contribution is -2.16. The molecule has 1 heteroatoms. The molecule has 33 heavy (non-hydrogen) atoms. The summed E-state index contributed by atoms with van der Waals surface area (Å²) in [4.78, 5) is 0. The van der Waals surface area contributed by atoms with Gasteiger partial charge >= 0.3 is 0 Å². The van der Waals surface area contributed by atoms with E-state index in [-0.39, 0.29) is 18.3 Å². The first-order chi connectivity index (χ1) is 15.2. The first kappa shape index (κ1) is 24.3. The minimum atomic E-state index is -0.148. The van der Waals surface area contributed by atoms with Gasteiger partial charge in [-0.15, -0.1) is 6.58 Å². The molecule has 170 valence electrons. The van der Waals surface area contributed by atoms with Crippen LogP contribution in [0.1, 0.15) is 64.3 Å². The molecule has 1 aliphatic carbocycles. The highest BCUT2D eigenvalue weighted by atomic mass is 14.9. The van der Waals surface area contributed by atoms with Gasteiger partial charge in [-0.1, -0.05) is 96.3 Å². The van der Waals surface area contributed by atoms with Crippen molar-refractivity contribution in [3.63, 3.8) is 0 Å². The number of hydrogen-bond acceptors (Lipinski definition) is 1. The van der Waals surface area contributed by atoms with Crippen molar-refractivity contribution in [2.24, 2.45) is 0 Å². The molecule has 0 aromatic heterocycles. The van der Waals surface area contributed by atoms with Crippen molar-refractivity contribution in [3.05, 3.63) is 114 Å². The first-order valence-electron chi connectivity index (χ1n) is 11.3. The second-order valence-electron chi connectivity index (χ2n) is 9.83. The number of nitrogens with one attached hydrogen (secondary N) is 1. The Morgan fingerprint density at radius 1 is 0.879 bits per heavy atom. The Kier molecular flexibility index (Phi) is 6.56. The number of fused-ring (bicyclic) bond motifs is 3. The summed E-state index contributed by atoms with van der Waals surface area (Å²) in [5, 5.41) is 3.66. The van der Waals surface area contributed by atoms with Gasteiger partial charge in [0, 0.05) is 22.2 Å². The summed E-state index contributed by atoms with van der Waals surface area (Å²) in [7, 11) is 0. The number of rotatable bonds is 6. The van der Waals surface area contributed by atoms with Crippen molar-refractivity contribution >= 4 is 16.9 Å². The maximum Gasteiger partial charge on any atom is 0.0387 e. The van der Waals surface area contributed by atoms with Gasteiger partial charge in [0.2, 0.25) is 0 Å². The molecular formula is C32H37N. The molecule has 0 aliphatic heterocycles. The monoisotopic (exact) mass is 435 g/mol. The molecule has 0 radical (unpaired) electrons. The maximum atomic E-state index is 4.08. The van der Waals surface area contributed by atoms with Crippen LogP contribution in [0.15, 0.2) is 92.0 Å². The molecule has 0 spiro atoms. The third-order valence-corrected chi connectivity index (χ3v) is 6.89. The topological polar surface area (TPSA) is 12.0 Å². The zero-order valence-corrected chi connectivity index (χ0v) is 19.9. The van der Waals surface area contributed by atoms with E-state index in [0.717, 1.165) is 11.4 Å². The van der Waals surface area contributed by atoms with Gasteiger partial charge in [-0.25, -0.2) is 0 Å². The summed E-state index contributed by atoms with van der Waals surface area (Å²) in [5.41, 5.74) is 11.2. The summed E-state index contributed by atoms with van der Waals surface area (Å²) in [6.45, 7) is 19.1. The van der Waals surface area contributed by atoms with Crippen molar-refractivity contribution in [1.29, 1.82) is 0 Å². The Morgan fingerprint density at radius 2 is 1.52 bits per heavy atom. The van der Waals surface area contributed by atoms with E-state index in [1.807, 2.05) is 12.2 Å². The zero-order chi connectivity index (χ0) is 23.1. The van der Waals surface area contributed by atoms with Crippen LogP contribution in [0.25, 0.3) is 16.7 Å². The quantitative estimate of drug-likeness (QED) is 0.300. The second kappa shape index (κ2) is 8.90. The molecule has 1 nitrogen and oxygen atoms in total.